The Balaban J connectivity index is 2.08. The van der Waals surface area contributed by atoms with E-state index in [1.165, 1.54) is 12.1 Å². The lowest BCUT2D eigenvalue weighted by molar-refractivity contribution is -0.384. The average molecular weight is 384 g/mol. The summed E-state index contributed by atoms with van der Waals surface area (Å²) in [6.45, 7) is 1.86. The summed E-state index contributed by atoms with van der Waals surface area (Å²) in [5, 5.41) is 16.7. The Morgan fingerprint density at radius 3 is 2.50 bits per heavy atom. The lowest BCUT2D eigenvalue weighted by Crippen LogP contribution is -2.34. The highest BCUT2D eigenvalue weighted by Crippen LogP contribution is 2.25. The van der Waals surface area contributed by atoms with Crippen molar-refractivity contribution < 1.29 is 9.72 Å². The minimum Gasteiger partial charge on any atom is -0.332 e. The van der Waals surface area contributed by atoms with Crippen molar-refractivity contribution in [1.29, 1.82) is 0 Å². The standard InChI is InChI=1S/C15H11Cl2N3O3S/c1-8-2-4-10(7-12(8)17)18-15(24)19-14(21)9-3-5-11(16)13(6-9)20(22)23/h2-7H,1H3,(H2,18,19,21,24). The summed E-state index contributed by atoms with van der Waals surface area (Å²) < 4.78 is 0. The zero-order valence-corrected chi connectivity index (χ0v) is 14.6. The Labute approximate surface area is 152 Å². The van der Waals surface area contributed by atoms with E-state index in [2.05, 4.69) is 10.6 Å². The van der Waals surface area contributed by atoms with Crippen LogP contribution < -0.4 is 10.6 Å². The fourth-order valence-electron chi connectivity index (χ4n) is 1.80. The van der Waals surface area contributed by atoms with Crippen LogP contribution in [0.2, 0.25) is 10.0 Å². The largest absolute Gasteiger partial charge is 0.332 e. The molecule has 0 spiro atoms. The van der Waals surface area contributed by atoms with Crippen LogP contribution in [0.15, 0.2) is 36.4 Å². The molecule has 0 atom stereocenters. The number of benzene rings is 2. The second-order valence-corrected chi connectivity index (χ2v) is 6.02. The number of amides is 1. The van der Waals surface area contributed by atoms with E-state index in [9.17, 15) is 14.9 Å². The normalized spacial score (nSPS) is 10.1. The van der Waals surface area contributed by atoms with Crippen LogP contribution in [-0.4, -0.2) is 15.9 Å². The van der Waals surface area contributed by atoms with Crippen molar-refractivity contribution in [2.45, 2.75) is 6.92 Å². The van der Waals surface area contributed by atoms with Gasteiger partial charge in [-0.05, 0) is 49.0 Å². The van der Waals surface area contributed by atoms with E-state index in [4.69, 9.17) is 35.4 Å². The van der Waals surface area contributed by atoms with E-state index in [-0.39, 0.29) is 21.4 Å². The number of rotatable bonds is 3. The molecule has 2 N–H and O–H groups in total. The van der Waals surface area contributed by atoms with Gasteiger partial charge in [-0.15, -0.1) is 0 Å². The first-order chi connectivity index (χ1) is 11.3. The molecule has 0 aliphatic rings. The molecule has 2 aromatic carbocycles. The quantitative estimate of drug-likeness (QED) is 0.467. The zero-order valence-electron chi connectivity index (χ0n) is 12.3. The first-order valence-corrected chi connectivity index (χ1v) is 7.77. The van der Waals surface area contributed by atoms with Crippen molar-refractivity contribution in [2.24, 2.45) is 0 Å². The van der Waals surface area contributed by atoms with Crippen LogP contribution in [0.25, 0.3) is 0 Å². The first-order valence-electron chi connectivity index (χ1n) is 6.60. The van der Waals surface area contributed by atoms with Crippen LogP contribution in [0.5, 0.6) is 0 Å². The van der Waals surface area contributed by atoms with E-state index in [0.717, 1.165) is 11.6 Å². The molecule has 2 aromatic rings. The fourth-order valence-corrected chi connectivity index (χ4v) is 2.38. The molecule has 0 aliphatic heterocycles. The summed E-state index contributed by atoms with van der Waals surface area (Å²) in [7, 11) is 0. The third-order valence-electron chi connectivity index (χ3n) is 3.06. The molecule has 0 heterocycles. The molecule has 0 aromatic heterocycles. The molecule has 6 nitrogen and oxygen atoms in total. The fraction of sp³-hybridized carbons (Fsp3) is 0.0667. The number of nitro groups is 1. The molecule has 0 unspecified atom stereocenters. The van der Waals surface area contributed by atoms with Gasteiger partial charge < -0.3 is 5.32 Å². The van der Waals surface area contributed by atoms with Gasteiger partial charge in [-0.2, -0.15) is 0 Å². The minimum absolute atomic E-state index is 0.0394. The molecule has 0 aliphatic carbocycles. The van der Waals surface area contributed by atoms with Crippen molar-refractivity contribution in [1.82, 2.24) is 5.32 Å². The van der Waals surface area contributed by atoms with Crippen molar-refractivity contribution in [3.05, 3.63) is 67.7 Å². The molecule has 9 heteroatoms. The predicted molar refractivity (Wildman–Crippen MR) is 98.0 cm³/mol. The summed E-state index contributed by atoms with van der Waals surface area (Å²) in [6, 6.07) is 8.97. The Morgan fingerprint density at radius 2 is 1.88 bits per heavy atom. The number of nitrogens with one attached hydrogen (secondary N) is 2. The Hall–Kier alpha value is -2.22. The number of nitro benzene ring substituents is 1. The molecule has 2 rings (SSSR count). The highest BCUT2D eigenvalue weighted by atomic mass is 35.5. The van der Waals surface area contributed by atoms with Crippen molar-refractivity contribution in [2.75, 3.05) is 5.32 Å². The van der Waals surface area contributed by atoms with Gasteiger partial charge in [0.05, 0.1) is 4.92 Å². The Bertz CT molecular complexity index is 843. The van der Waals surface area contributed by atoms with Gasteiger partial charge in [0.15, 0.2) is 5.11 Å². The van der Waals surface area contributed by atoms with E-state index in [1.54, 1.807) is 18.2 Å². The minimum atomic E-state index is -0.663. The zero-order chi connectivity index (χ0) is 17.9. The summed E-state index contributed by atoms with van der Waals surface area (Å²) >= 11 is 16.8. The number of hydrogen-bond acceptors (Lipinski definition) is 4. The number of aryl methyl sites for hydroxylation is 1. The van der Waals surface area contributed by atoms with Crippen LogP contribution in [0, 0.1) is 17.0 Å². The third kappa shape index (κ3) is 4.41. The molecule has 124 valence electrons. The number of thiocarbonyl (C=S) groups is 1. The molecule has 0 saturated heterocycles. The lowest BCUT2D eigenvalue weighted by atomic mass is 10.2. The third-order valence-corrected chi connectivity index (χ3v) is 3.99. The van der Waals surface area contributed by atoms with Crippen molar-refractivity contribution >= 4 is 57.8 Å². The van der Waals surface area contributed by atoms with Crippen LogP contribution in [0.3, 0.4) is 0 Å². The highest BCUT2D eigenvalue weighted by molar-refractivity contribution is 7.80. The molecule has 0 radical (unpaired) electrons. The van der Waals surface area contributed by atoms with Gasteiger partial charge in [-0.25, -0.2) is 0 Å². The maximum atomic E-state index is 12.1. The van der Waals surface area contributed by atoms with Crippen LogP contribution in [0.4, 0.5) is 11.4 Å². The monoisotopic (exact) mass is 383 g/mol. The molecular weight excluding hydrogens is 373 g/mol. The smallest absolute Gasteiger partial charge is 0.288 e. The van der Waals surface area contributed by atoms with Crippen LogP contribution >= 0.6 is 35.4 Å². The maximum absolute atomic E-state index is 12.1. The number of anilines is 1. The van der Waals surface area contributed by atoms with Gasteiger partial charge in [-0.3, -0.25) is 20.2 Å². The molecule has 1 amide bonds. The molecule has 0 saturated carbocycles. The van der Waals surface area contributed by atoms with Gasteiger partial charge in [0.25, 0.3) is 11.6 Å². The summed E-state index contributed by atoms with van der Waals surface area (Å²) in [5.41, 5.74) is 1.23. The van der Waals surface area contributed by atoms with Gasteiger partial charge in [0, 0.05) is 22.3 Å². The second kappa shape index (κ2) is 7.57. The van der Waals surface area contributed by atoms with E-state index >= 15 is 0 Å². The number of carbonyl (C=O) groups excluding carboxylic acids is 1. The molecular formula is C15H11Cl2N3O3S. The van der Waals surface area contributed by atoms with Crippen molar-refractivity contribution in [3.63, 3.8) is 0 Å². The van der Waals surface area contributed by atoms with Gasteiger partial charge >= 0.3 is 0 Å². The SMILES string of the molecule is Cc1ccc(NC(=S)NC(=O)c2ccc(Cl)c([N+](=O)[O-])c2)cc1Cl. The number of nitrogens with zero attached hydrogens (tertiary/aromatic N) is 1. The van der Waals surface area contributed by atoms with Gasteiger partial charge in [-0.1, -0.05) is 29.3 Å². The first kappa shape index (κ1) is 18.1. The highest BCUT2D eigenvalue weighted by Gasteiger charge is 2.17. The average Bonchev–Trinajstić information content (AvgIpc) is 2.51. The summed E-state index contributed by atoms with van der Waals surface area (Å²) in [5.74, 6) is -0.592. The van der Waals surface area contributed by atoms with Crippen LogP contribution in [0.1, 0.15) is 15.9 Å². The van der Waals surface area contributed by atoms with Gasteiger partial charge in [0.1, 0.15) is 5.02 Å². The predicted octanol–water partition coefficient (Wildman–Crippen LogP) is 4.34. The lowest BCUT2D eigenvalue weighted by Gasteiger charge is -2.10. The molecule has 24 heavy (non-hydrogen) atoms. The summed E-state index contributed by atoms with van der Waals surface area (Å²) in [4.78, 5) is 22.3. The number of carbonyl (C=O) groups is 1. The Morgan fingerprint density at radius 1 is 1.17 bits per heavy atom. The summed E-state index contributed by atoms with van der Waals surface area (Å²) in [6.07, 6.45) is 0. The Kier molecular flexibility index (Phi) is 5.71. The van der Waals surface area contributed by atoms with E-state index < -0.39 is 10.8 Å². The molecule has 0 fully saturated rings. The van der Waals surface area contributed by atoms with Crippen molar-refractivity contribution in [3.8, 4) is 0 Å². The maximum Gasteiger partial charge on any atom is 0.288 e. The molecule has 0 bridgehead atoms. The van der Waals surface area contributed by atoms with E-state index in [1.807, 2.05) is 6.92 Å². The topological polar surface area (TPSA) is 84.3 Å². The number of hydrogen-bond donors (Lipinski definition) is 2. The van der Waals surface area contributed by atoms with E-state index in [0.29, 0.717) is 10.7 Å². The number of halogens is 2. The second-order valence-electron chi connectivity index (χ2n) is 4.80. The van der Waals surface area contributed by atoms with Crippen LogP contribution in [-0.2, 0) is 0 Å². The van der Waals surface area contributed by atoms with Gasteiger partial charge in [0.2, 0.25) is 0 Å².